The van der Waals surface area contributed by atoms with Crippen LogP contribution in [-0.2, 0) is 6.18 Å². The van der Waals surface area contributed by atoms with Crippen LogP contribution in [0.1, 0.15) is 34.8 Å². The average Bonchev–Trinajstić information content (AvgIpc) is 3.25. The summed E-state index contributed by atoms with van der Waals surface area (Å²) in [6.07, 6.45) is -0.105. The molecule has 0 aliphatic carbocycles. The molecular weight excluding hydrogens is 473 g/mol. The minimum Gasteiger partial charge on any atom is -0.383 e. The number of pyridine rings is 1. The van der Waals surface area contributed by atoms with E-state index in [4.69, 9.17) is 10.8 Å². The van der Waals surface area contributed by atoms with Crippen molar-refractivity contribution in [3.05, 3.63) is 60.0 Å². The Morgan fingerprint density at radius 2 is 1.92 bits per heavy atom. The van der Waals surface area contributed by atoms with Gasteiger partial charge in [-0.25, -0.2) is 19.6 Å². The molecule has 0 bridgehead atoms. The van der Waals surface area contributed by atoms with Crippen molar-refractivity contribution in [2.45, 2.75) is 25.1 Å². The summed E-state index contributed by atoms with van der Waals surface area (Å²) >= 11 is 0. The van der Waals surface area contributed by atoms with Crippen molar-refractivity contribution >= 4 is 28.6 Å². The van der Waals surface area contributed by atoms with Crippen molar-refractivity contribution in [1.29, 1.82) is 0 Å². The van der Waals surface area contributed by atoms with Gasteiger partial charge in [0.2, 0.25) is 0 Å². The number of amides is 1. The maximum Gasteiger partial charge on any atom is 0.416 e. The van der Waals surface area contributed by atoms with Gasteiger partial charge in [-0.3, -0.25) is 4.79 Å². The zero-order valence-corrected chi connectivity index (χ0v) is 19.3. The molecule has 36 heavy (non-hydrogen) atoms. The van der Waals surface area contributed by atoms with Gasteiger partial charge >= 0.3 is 6.18 Å². The molecule has 5 rings (SSSR count). The lowest BCUT2D eigenvalue weighted by molar-refractivity contribution is -0.137. The molecule has 4 heterocycles. The monoisotopic (exact) mass is 496 g/mol. The molecular formula is C24H23F3N8O. The van der Waals surface area contributed by atoms with Crippen molar-refractivity contribution in [2.24, 2.45) is 0 Å². The summed E-state index contributed by atoms with van der Waals surface area (Å²) in [6, 6.07) is 8.32. The Bertz CT molecular complexity index is 1420. The van der Waals surface area contributed by atoms with Crippen LogP contribution in [0.5, 0.6) is 0 Å². The Morgan fingerprint density at radius 3 is 2.64 bits per heavy atom. The van der Waals surface area contributed by atoms with Gasteiger partial charge in [-0.2, -0.15) is 18.3 Å². The number of likely N-dealkylation sites (N-methyl/N-ethyl adjacent to an activating group) is 1. The van der Waals surface area contributed by atoms with Gasteiger partial charge in [-0.15, -0.1) is 0 Å². The molecule has 0 radical (unpaired) electrons. The number of hydrogen-bond donors (Lipinski definition) is 2. The number of hydrogen-bond acceptors (Lipinski definition) is 7. The topological polar surface area (TPSA) is 115 Å². The van der Waals surface area contributed by atoms with E-state index in [2.05, 4.69) is 32.2 Å². The number of carbonyl (C=O) groups excluding carboxylic acids is 1. The zero-order chi connectivity index (χ0) is 25.4. The van der Waals surface area contributed by atoms with Gasteiger partial charge in [0.25, 0.3) is 5.91 Å². The molecule has 3 N–H and O–H groups in total. The average molecular weight is 496 g/mol. The zero-order valence-electron chi connectivity index (χ0n) is 19.3. The van der Waals surface area contributed by atoms with Crippen LogP contribution in [0.15, 0.2) is 48.9 Å². The number of aromatic nitrogens is 5. The normalized spacial score (nSPS) is 16.8. The number of carbonyl (C=O) groups is 1. The number of nitrogens with zero attached hydrogens (tertiary/aromatic N) is 6. The van der Waals surface area contributed by atoms with E-state index in [9.17, 15) is 18.0 Å². The van der Waals surface area contributed by atoms with Crippen molar-refractivity contribution in [2.75, 3.05) is 31.2 Å². The molecule has 0 saturated carbocycles. The van der Waals surface area contributed by atoms with Crippen LogP contribution in [0.4, 0.5) is 24.8 Å². The Morgan fingerprint density at radius 1 is 1.14 bits per heavy atom. The van der Waals surface area contributed by atoms with E-state index >= 15 is 0 Å². The smallest absolute Gasteiger partial charge is 0.383 e. The fourth-order valence-electron chi connectivity index (χ4n) is 4.43. The molecule has 4 aromatic rings. The maximum atomic E-state index is 12.9. The Labute approximate surface area is 204 Å². The number of anilines is 2. The molecule has 1 saturated heterocycles. The van der Waals surface area contributed by atoms with E-state index in [1.807, 2.05) is 4.68 Å². The minimum absolute atomic E-state index is 0.138. The number of rotatable bonds is 4. The number of fused-ring (bicyclic) bond motifs is 1. The molecule has 0 spiro atoms. The largest absolute Gasteiger partial charge is 0.416 e. The van der Waals surface area contributed by atoms with Gasteiger partial charge < -0.3 is 16.0 Å². The lowest BCUT2D eigenvalue weighted by atomic mass is 10.1. The SMILES string of the molecule is CN1CCCC(n2nc(-c3ccc(C(=O)Nc4cc(C(F)(F)F)ccn4)cc3)c3c(N)ncnc32)C1. The molecule has 1 aromatic carbocycles. The number of halogens is 3. The molecule has 1 unspecified atom stereocenters. The van der Waals surface area contributed by atoms with Crippen molar-refractivity contribution in [3.8, 4) is 11.3 Å². The van der Waals surface area contributed by atoms with Gasteiger partial charge in [0, 0.05) is 23.9 Å². The number of nitrogens with two attached hydrogens (primary N) is 1. The molecule has 1 fully saturated rings. The number of nitrogen functional groups attached to an aromatic ring is 1. The number of alkyl halides is 3. The van der Waals surface area contributed by atoms with Gasteiger partial charge in [-0.1, -0.05) is 12.1 Å². The molecule has 1 aliphatic rings. The maximum absolute atomic E-state index is 12.9. The van der Waals surface area contributed by atoms with E-state index in [1.54, 1.807) is 24.3 Å². The van der Waals surface area contributed by atoms with Crippen LogP contribution in [-0.4, -0.2) is 55.7 Å². The van der Waals surface area contributed by atoms with E-state index in [1.165, 1.54) is 6.33 Å². The first-order valence-electron chi connectivity index (χ1n) is 11.3. The predicted octanol–water partition coefficient (Wildman–Crippen LogP) is 4.01. The van der Waals surface area contributed by atoms with Gasteiger partial charge in [0.15, 0.2) is 5.65 Å². The van der Waals surface area contributed by atoms with Crippen molar-refractivity contribution in [3.63, 3.8) is 0 Å². The van der Waals surface area contributed by atoms with E-state index in [-0.39, 0.29) is 17.4 Å². The van der Waals surface area contributed by atoms with Crippen LogP contribution >= 0.6 is 0 Å². The van der Waals surface area contributed by atoms with E-state index in [0.717, 1.165) is 44.3 Å². The predicted molar refractivity (Wildman–Crippen MR) is 128 cm³/mol. The lowest BCUT2D eigenvalue weighted by Crippen LogP contribution is -2.34. The highest BCUT2D eigenvalue weighted by Crippen LogP contribution is 2.34. The third-order valence-electron chi connectivity index (χ3n) is 6.21. The summed E-state index contributed by atoms with van der Waals surface area (Å²) in [7, 11) is 2.07. The molecule has 1 amide bonds. The second-order valence-corrected chi connectivity index (χ2v) is 8.77. The highest BCUT2D eigenvalue weighted by Gasteiger charge is 2.31. The summed E-state index contributed by atoms with van der Waals surface area (Å²) in [4.78, 5) is 27.3. The number of likely N-dealkylation sites (tertiary alicyclic amines) is 1. The first-order valence-corrected chi connectivity index (χ1v) is 11.3. The van der Waals surface area contributed by atoms with E-state index < -0.39 is 17.6 Å². The van der Waals surface area contributed by atoms with Gasteiger partial charge in [0.05, 0.1) is 17.0 Å². The Kier molecular flexibility index (Phi) is 6.04. The summed E-state index contributed by atoms with van der Waals surface area (Å²) in [6.45, 7) is 1.86. The van der Waals surface area contributed by atoms with Gasteiger partial charge in [0.1, 0.15) is 23.7 Å². The summed E-state index contributed by atoms with van der Waals surface area (Å²) in [5.41, 5.74) is 7.52. The molecule has 9 nitrogen and oxygen atoms in total. The first kappa shape index (κ1) is 23.7. The first-order chi connectivity index (χ1) is 17.2. The van der Waals surface area contributed by atoms with Crippen LogP contribution in [0.2, 0.25) is 0 Å². The van der Waals surface area contributed by atoms with Crippen molar-refractivity contribution in [1.82, 2.24) is 29.6 Å². The third kappa shape index (κ3) is 4.59. The molecule has 3 aromatic heterocycles. The lowest BCUT2D eigenvalue weighted by Gasteiger charge is -2.29. The highest BCUT2D eigenvalue weighted by molar-refractivity contribution is 6.04. The second kappa shape index (κ2) is 9.19. The quantitative estimate of drug-likeness (QED) is 0.439. The van der Waals surface area contributed by atoms with Crippen LogP contribution in [0.25, 0.3) is 22.3 Å². The number of piperidine rings is 1. The fourth-order valence-corrected chi connectivity index (χ4v) is 4.43. The standard InChI is InChI=1S/C24H23F3N8O/c1-34-10-2-3-17(12-34)35-22-19(21(28)30-13-31-22)20(33-35)14-4-6-15(7-5-14)23(36)32-18-11-16(8-9-29-18)24(25,26)27/h4-9,11,13,17H,2-3,10,12H2,1H3,(H2,28,30,31)(H,29,32,36). The summed E-state index contributed by atoms with van der Waals surface area (Å²) < 4.78 is 40.7. The minimum atomic E-state index is -4.53. The number of nitrogens with one attached hydrogen (secondary N) is 1. The van der Waals surface area contributed by atoms with E-state index in [0.29, 0.717) is 28.1 Å². The Hall–Kier alpha value is -4.06. The highest BCUT2D eigenvalue weighted by atomic mass is 19.4. The molecule has 1 aliphatic heterocycles. The van der Waals surface area contributed by atoms with Crippen LogP contribution < -0.4 is 11.1 Å². The van der Waals surface area contributed by atoms with Crippen molar-refractivity contribution < 1.29 is 18.0 Å². The van der Waals surface area contributed by atoms with Gasteiger partial charge in [-0.05, 0) is 50.7 Å². The fraction of sp³-hybridized carbons (Fsp3) is 0.292. The second-order valence-electron chi connectivity index (χ2n) is 8.77. The number of benzene rings is 1. The summed E-state index contributed by atoms with van der Waals surface area (Å²) in [5.74, 6) is -0.467. The van der Waals surface area contributed by atoms with Crippen LogP contribution in [0, 0.1) is 0 Å². The summed E-state index contributed by atoms with van der Waals surface area (Å²) in [5, 5.41) is 7.88. The third-order valence-corrected chi connectivity index (χ3v) is 6.21. The molecule has 1 atom stereocenters. The Balaban J connectivity index is 1.43. The molecule has 12 heteroatoms. The van der Waals surface area contributed by atoms with Crippen LogP contribution in [0.3, 0.4) is 0 Å². The molecule has 186 valence electrons.